The quantitative estimate of drug-likeness (QED) is 0.735. The van der Waals surface area contributed by atoms with Gasteiger partial charge in [-0.1, -0.05) is 26.7 Å². The molecule has 1 aliphatic rings. The predicted octanol–water partition coefficient (Wildman–Crippen LogP) is 2.34. The van der Waals surface area contributed by atoms with Gasteiger partial charge in [-0.15, -0.1) is 0 Å². The summed E-state index contributed by atoms with van der Waals surface area (Å²) in [5, 5.41) is 9.13. The van der Waals surface area contributed by atoms with E-state index in [2.05, 4.69) is 29.7 Å². The van der Waals surface area contributed by atoms with Crippen LogP contribution in [0.5, 0.6) is 0 Å². The SMILES string of the molecule is CCC(CC)CN1CCN(C(C)(C)C#N)CC1. The number of hydrogen-bond acceptors (Lipinski definition) is 3. The molecule has 0 saturated carbocycles. The molecule has 98 valence electrons. The molecule has 0 radical (unpaired) electrons. The zero-order chi connectivity index (χ0) is 12.9. The van der Waals surface area contributed by atoms with E-state index in [9.17, 15) is 0 Å². The molecule has 3 nitrogen and oxygen atoms in total. The van der Waals surface area contributed by atoms with Crippen molar-refractivity contribution in [2.75, 3.05) is 32.7 Å². The maximum absolute atomic E-state index is 9.13. The maximum Gasteiger partial charge on any atom is 0.103 e. The standard InChI is InChI=1S/C14H27N3/c1-5-13(6-2)11-16-7-9-17(10-8-16)14(3,4)12-15/h13H,5-11H2,1-4H3. The molecule has 0 amide bonds. The Morgan fingerprint density at radius 1 is 1.12 bits per heavy atom. The summed E-state index contributed by atoms with van der Waals surface area (Å²) in [6.07, 6.45) is 2.56. The van der Waals surface area contributed by atoms with E-state index in [-0.39, 0.29) is 5.54 Å². The average Bonchev–Trinajstić information content (AvgIpc) is 2.36. The van der Waals surface area contributed by atoms with Gasteiger partial charge in [0, 0.05) is 32.7 Å². The molecule has 0 spiro atoms. The molecular weight excluding hydrogens is 210 g/mol. The van der Waals surface area contributed by atoms with Gasteiger partial charge in [-0.3, -0.25) is 4.90 Å². The molecule has 0 unspecified atom stereocenters. The lowest BCUT2D eigenvalue weighted by Crippen LogP contribution is -2.54. The Kier molecular flexibility index (Phi) is 5.42. The second-order valence-electron chi connectivity index (χ2n) is 5.64. The molecule has 1 saturated heterocycles. The highest BCUT2D eigenvalue weighted by Gasteiger charge is 2.29. The zero-order valence-electron chi connectivity index (χ0n) is 11.9. The second-order valence-corrected chi connectivity index (χ2v) is 5.64. The highest BCUT2D eigenvalue weighted by molar-refractivity contribution is 5.02. The highest BCUT2D eigenvalue weighted by atomic mass is 15.3. The third-order valence-corrected chi connectivity index (χ3v) is 4.11. The summed E-state index contributed by atoms with van der Waals surface area (Å²) >= 11 is 0. The second kappa shape index (κ2) is 6.37. The first-order chi connectivity index (χ1) is 8.03. The molecule has 0 aromatic rings. The van der Waals surface area contributed by atoms with Gasteiger partial charge >= 0.3 is 0 Å². The van der Waals surface area contributed by atoms with E-state index in [1.807, 2.05) is 13.8 Å². The van der Waals surface area contributed by atoms with E-state index >= 15 is 0 Å². The Hall–Kier alpha value is -0.590. The van der Waals surface area contributed by atoms with Crippen LogP contribution in [0.1, 0.15) is 40.5 Å². The molecule has 1 rings (SSSR count). The smallest absolute Gasteiger partial charge is 0.103 e. The fourth-order valence-corrected chi connectivity index (χ4v) is 2.47. The highest BCUT2D eigenvalue weighted by Crippen LogP contribution is 2.17. The van der Waals surface area contributed by atoms with Gasteiger partial charge in [0.2, 0.25) is 0 Å². The molecule has 0 N–H and O–H groups in total. The van der Waals surface area contributed by atoms with Crippen LogP contribution in [0, 0.1) is 17.2 Å². The molecule has 0 bridgehead atoms. The number of piperazine rings is 1. The van der Waals surface area contributed by atoms with Crippen molar-refractivity contribution in [1.29, 1.82) is 5.26 Å². The van der Waals surface area contributed by atoms with Gasteiger partial charge in [0.05, 0.1) is 6.07 Å². The van der Waals surface area contributed by atoms with Gasteiger partial charge in [-0.2, -0.15) is 5.26 Å². The van der Waals surface area contributed by atoms with E-state index < -0.39 is 0 Å². The van der Waals surface area contributed by atoms with Crippen LogP contribution >= 0.6 is 0 Å². The van der Waals surface area contributed by atoms with Crippen LogP contribution in [0.25, 0.3) is 0 Å². The summed E-state index contributed by atoms with van der Waals surface area (Å²) in [5.41, 5.74) is -0.305. The van der Waals surface area contributed by atoms with Gasteiger partial charge in [-0.05, 0) is 19.8 Å². The summed E-state index contributed by atoms with van der Waals surface area (Å²) < 4.78 is 0. The van der Waals surface area contributed by atoms with E-state index in [0.29, 0.717) is 0 Å². The van der Waals surface area contributed by atoms with Crippen molar-refractivity contribution >= 4 is 0 Å². The first-order valence-electron chi connectivity index (χ1n) is 6.92. The van der Waals surface area contributed by atoms with Crippen molar-refractivity contribution in [2.24, 2.45) is 5.92 Å². The predicted molar refractivity (Wildman–Crippen MR) is 71.8 cm³/mol. The minimum atomic E-state index is -0.305. The van der Waals surface area contributed by atoms with Crippen molar-refractivity contribution in [3.05, 3.63) is 0 Å². The Labute approximate surface area is 106 Å². The van der Waals surface area contributed by atoms with Crippen molar-refractivity contribution < 1.29 is 0 Å². The third kappa shape index (κ3) is 3.97. The molecule has 1 heterocycles. The van der Waals surface area contributed by atoms with E-state index in [1.165, 1.54) is 19.4 Å². The lowest BCUT2D eigenvalue weighted by Gasteiger charge is -2.41. The van der Waals surface area contributed by atoms with Crippen molar-refractivity contribution in [3.63, 3.8) is 0 Å². The normalized spacial score (nSPS) is 19.5. The lowest BCUT2D eigenvalue weighted by atomic mass is 10.0. The number of nitrogens with zero attached hydrogens (tertiary/aromatic N) is 3. The van der Waals surface area contributed by atoms with Crippen molar-refractivity contribution in [2.45, 2.75) is 46.1 Å². The average molecular weight is 237 g/mol. The molecular formula is C14H27N3. The topological polar surface area (TPSA) is 30.3 Å². The summed E-state index contributed by atoms with van der Waals surface area (Å²) in [6, 6.07) is 2.40. The first-order valence-corrected chi connectivity index (χ1v) is 6.92. The Morgan fingerprint density at radius 3 is 2.06 bits per heavy atom. The zero-order valence-corrected chi connectivity index (χ0v) is 11.9. The Bertz CT molecular complexity index is 255. The molecule has 0 aromatic heterocycles. The summed E-state index contributed by atoms with van der Waals surface area (Å²) in [4.78, 5) is 4.86. The first kappa shape index (κ1) is 14.5. The van der Waals surface area contributed by atoms with Gasteiger partial charge in [0.1, 0.15) is 5.54 Å². The minimum absolute atomic E-state index is 0.305. The number of rotatable bonds is 5. The van der Waals surface area contributed by atoms with E-state index in [4.69, 9.17) is 5.26 Å². The molecule has 1 aliphatic heterocycles. The van der Waals surface area contributed by atoms with E-state index in [0.717, 1.165) is 32.1 Å². The molecule has 0 aliphatic carbocycles. The molecule has 0 atom stereocenters. The van der Waals surface area contributed by atoms with Gasteiger partial charge in [-0.25, -0.2) is 0 Å². The van der Waals surface area contributed by atoms with Crippen LogP contribution in [-0.4, -0.2) is 48.1 Å². The van der Waals surface area contributed by atoms with Crippen LogP contribution in [0.4, 0.5) is 0 Å². The largest absolute Gasteiger partial charge is 0.301 e. The molecule has 17 heavy (non-hydrogen) atoms. The van der Waals surface area contributed by atoms with Crippen LogP contribution < -0.4 is 0 Å². The number of hydrogen-bond donors (Lipinski definition) is 0. The fourth-order valence-electron chi connectivity index (χ4n) is 2.47. The van der Waals surface area contributed by atoms with Crippen LogP contribution in [-0.2, 0) is 0 Å². The van der Waals surface area contributed by atoms with E-state index in [1.54, 1.807) is 0 Å². The Morgan fingerprint density at radius 2 is 1.65 bits per heavy atom. The fraction of sp³-hybridized carbons (Fsp3) is 0.929. The van der Waals surface area contributed by atoms with Gasteiger partial charge in [0.25, 0.3) is 0 Å². The minimum Gasteiger partial charge on any atom is -0.301 e. The van der Waals surface area contributed by atoms with Gasteiger partial charge < -0.3 is 4.90 Å². The molecule has 1 fully saturated rings. The molecule has 3 heteroatoms. The lowest BCUT2D eigenvalue weighted by molar-refractivity contribution is 0.0707. The molecule has 0 aromatic carbocycles. The van der Waals surface area contributed by atoms with Crippen molar-refractivity contribution in [3.8, 4) is 6.07 Å². The summed E-state index contributed by atoms with van der Waals surface area (Å²) in [5.74, 6) is 0.838. The summed E-state index contributed by atoms with van der Waals surface area (Å²) in [7, 11) is 0. The van der Waals surface area contributed by atoms with Gasteiger partial charge in [0.15, 0.2) is 0 Å². The maximum atomic E-state index is 9.13. The summed E-state index contributed by atoms with van der Waals surface area (Å²) in [6.45, 7) is 14.1. The monoisotopic (exact) mass is 237 g/mol. The van der Waals surface area contributed by atoms with Crippen LogP contribution in [0.15, 0.2) is 0 Å². The van der Waals surface area contributed by atoms with Crippen LogP contribution in [0.3, 0.4) is 0 Å². The number of nitriles is 1. The van der Waals surface area contributed by atoms with Crippen molar-refractivity contribution in [1.82, 2.24) is 9.80 Å². The van der Waals surface area contributed by atoms with Crippen LogP contribution in [0.2, 0.25) is 0 Å². The third-order valence-electron chi connectivity index (χ3n) is 4.11. The Balaban J connectivity index is 2.39.